The van der Waals surface area contributed by atoms with Gasteiger partial charge in [-0.05, 0) is 48.4 Å². The molecule has 1 amide bonds. The number of carbonyl (C=O) groups excluding carboxylic acids is 1. The Morgan fingerprint density at radius 2 is 1.92 bits per heavy atom. The van der Waals surface area contributed by atoms with Crippen LogP contribution < -0.4 is 19.5 Å². The lowest BCUT2D eigenvalue weighted by atomic mass is 10.1. The third kappa shape index (κ3) is 4.89. The zero-order valence-corrected chi connectivity index (χ0v) is 19.9. The van der Waals surface area contributed by atoms with Crippen molar-refractivity contribution in [3.8, 4) is 23.3 Å². The van der Waals surface area contributed by atoms with Gasteiger partial charge < -0.3 is 24.1 Å². The molecule has 180 valence electrons. The zero-order chi connectivity index (χ0) is 24.9. The Bertz CT molecular complexity index is 1500. The van der Waals surface area contributed by atoms with E-state index in [0.29, 0.717) is 24.7 Å². The first-order valence-electron chi connectivity index (χ1n) is 11.7. The predicted molar refractivity (Wildman–Crippen MR) is 137 cm³/mol. The Morgan fingerprint density at radius 3 is 2.78 bits per heavy atom. The molecule has 0 aliphatic carbocycles. The lowest BCUT2D eigenvalue weighted by Gasteiger charge is -2.10. The van der Waals surface area contributed by atoms with Crippen molar-refractivity contribution in [1.82, 2.24) is 9.88 Å². The number of fused-ring (bicyclic) bond motifs is 2. The average molecular weight is 480 g/mol. The monoisotopic (exact) mass is 479 g/mol. The van der Waals surface area contributed by atoms with Gasteiger partial charge in [-0.1, -0.05) is 42.5 Å². The van der Waals surface area contributed by atoms with Crippen LogP contribution in [0.25, 0.3) is 17.0 Å². The summed E-state index contributed by atoms with van der Waals surface area (Å²) in [4.78, 5) is 12.8. The van der Waals surface area contributed by atoms with Crippen molar-refractivity contribution in [2.75, 3.05) is 13.4 Å². The number of amides is 1. The molecule has 0 saturated carbocycles. The summed E-state index contributed by atoms with van der Waals surface area (Å²) in [6.45, 7) is 3.60. The summed E-state index contributed by atoms with van der Waals surface area (Å²) >= 11 is 0. The summed E-state index contributed by atoms with van der Waals surface area (Å²) < 4.78 is 18.8. The van der Waals surface area contributed by atoms with Gasteiger partial charge in [-0.25, -0.2) is 0 Å². The molecule has 1 aromatic heterocycles. The normalized spacial score (nSPS) is 12.4. The number of rotatable bonds is 8. The first-order chi connectivity index (χ1) is 17.6. The molecule has 7 nitrogen and oxygen atoms in total. The van der Waals surface area contributed by atoms with E-state index < -0.39 is 5.91 Å². The largest absolute Gasteiger partial charge is 0.491 e. The lowest BCUT2D eigenvalue weighted by Crippen LogP contribution is -2.23. The average Bonchev–Trinajstić information content (AvgIpc) is 3.51. The van der Waals surface area contributed by atoms with Gasteiger partial charge in [-0.2, -0.15) is 5.26 Å². The van der Waals surface area contributed by atoms with Crippen molar-refractivity contribution < 1.29 is 19.0 Å². The van der Waals surface area contributed by atoms with Gasteiger partial charge in [0, 0.05) is 29.2 Å². The van der Waals surface area contributed by atoms with Crippen LogP contribution in [-0.2, 0) is 17.9 Å². The third-order valence-electron chi connectivity index (χ3n) is 6.06. The molecule has 0 bridgehead atoms. The van der Waals surface area contributed by atoms with Crippen molar-refractivity contribution in [1.29, 1.82) is 5.26 Å². The van der Waals surface area contributed by atoms with E-state index in [1.807, 2.05) is 85.9 Å². The van der Waals surface area contributed by atoms with E-state index >= 15 is 0 Å². The van der Waals surface area contributed by atoms with Crippen LogP contribution in [0.4, 0.5) is 0 Å². The number of nitrogens with one attached hydrogen (secondary N) is 1. The number of nitriles is 1. The van der Waals surface area contributed by atoms with E-state index in [9.17, 15) is 10.1 Å². The van der Waals surface area contributed by atoms with Gasteiger partial charge in [0.15, 0.2) is 11.5 Å². The molecule has 2 heterocycles. The van der Waals surface area contributed by atoms with E-state index in [-0.39, 0.29) is 18.9 Å². The smallest absolute Gasteiger partial charge is 0.262 e. The summed E-state index contributed by atoms with van der Waals surface area (Å²) in [6.07, 6.45) is 3.59. The molecule has 36 heavy (non-hydrogen) atoms. The molecule has 4 aromatic rings. The van der Waals surface area contributed by atoms with Gasteiger partial charge in [0.25, 0.3) is 5.91 Å². The molecule has 0 saturated heterocycles. The van der Waals surface area contributed by atoms with Crippen LogP contribution >= 0.6 is 0 Å². The second-order valence-electron chi connectivity index (χ2n) is 8.45. The minimum Gasteiger partial charge on any atom is -0.491 e. The topological polar surface area (TPSA) is 85.5 Å². The molecule has 0 unspecified atom stereocenters. The number of nitrogens with zero attached hydrogens (tertiary/aromatic N) is 2. The summed E-state index contributed by atoms with van der Waals surface area (Å²) in [7, 11) is 0. The lowest BCUT2D eigenvalue weighted by molar-refractivity contribution is -0.117. The second-order valence-corrected chi connectivity index (χ2v) is 8.45. The number of para-hydroxylation sites is 2. The van der Waals surface area contributed by atoms with Gasteiger partial charge in [0.1, 0.15) is 24.0 Å². The molecule has 1 aliphatic rings. The first kappa shape index (κ1) is 23.1. The third-order valence-corrected chi connectivity index (χ3v) is 6.06. The maximum atomic E-state index is 12.8. The Hall–Kier alpha value is -4.70. The van der Waals surface area contributed by atoms with Gasteiger partial charge in [0.05, 0.1) is 6.54 Å². The predicted octanol–water partition coefficient (Wildman–Crippen LogP) is 4.98. The van der Waals surface area contributed by atoms with Gasteiger partial charge in [0.2, 0.25) is 6.79 Å². The minimum atomic E-state index is -0.435. The highest BCUT2D eigenvalue weighted by atomic mass is 16.7. The molecule has 7 heteroatoms. The number of hydrogen-bond acceptors (Lipinski definition) is 5. The summed E-state index contributed by atoms with van der Waals surface area (Å²) in [5, 5.41) is 13.5. The Labute approximate surface area is 209 Å². The fourth-order valence-corrected chi connectivity index (χ4v) is 4.18. The van der Waals surface area contributed by atoms with Crippen LogP contribution in [0.1, 0.15) is 16.7 Å². The summed E-state index contributed by atoms with van der Waals surface area (Å²) in [6, 6.07) is 23.4. The van der Waals surface area contributed by atoms with Crippen LogP contribution in [0.3, 0.4) is 0 Å². The Kier molecular flexibility index (Phi) is 6.59. The van der Waals surface area contributed by atoms with Crippen LogP contribution in [0.5, 0.6) is 17.2 Å². The van der Waals surface area contributed by atoms with E-state index in [4.69, 9.17) is 14.2 Å². The Balaban J connectivity index is 1.31. The zero-order valence-electron chi connectivity index (χ0n) is 19.9. The molecule has 1 N–H and O–H groups in total. The number of aryl methyl sites for hydroxylation is 1. The molecule has 0 fully saturated rings. The van der Waals surface area contributed by atoms with Crippen LogP contribution in [0.2, 0.25) is 0 Å². The number of ether oxygens (including phenoxy) is 3. The van der Waals surface area contributed by atoms with E-state index in [0.717, 1.165) is 33.3 Å². The molecule has 3 aromatic carbocycles. The highest BCUT2D eigenvalue weighted by Crippen LogP contribution is 2.32. The van der Waals surface area contributed by atoms with E-state index in [2.05, 4.69) is 9.88 Å². The standard InChI is InChI=1S/C29H25N3O4/c1-20-6-2-5-9-26(20)34-13-12-32-18-23(24-7-3-4-8-25(24)32)15-22(16-30)29(33)31-17-21-10-11-27-28(14-21)36-19-35-27/h2-11,14-15,18H,12-13,17,19H2,1H3,(H,31,33)/b22-15+. The van der Waals surface area contributed by atoms with Gasteiger partial charge in [-0.3, -0.25) is 4.79 Å². The van der Waals surface area contributed by atoms with Crippen molar-refractivity contribution in [2.45, 2.75) is 20.0 Å². The maximum absolute atomic E-state index is 12.8. The highest BCUT2D eigenvalue weighted by molar-refractivity contribution is 6.04. The fraction of sp³-hybridized carbons (Fsp3) is 0.172. The fourth-order valence-electron chi connectivity index (χ4n) is 4.18. The van der Waals surface area contributed by atoms with Crippen molar-refractivity contribution in [2.24, 2.45) is 0 Å². The molecule has 0 radical (unpaired) electrons. The van der Waals surface area contributed by atoms with Crippen molar-refractivity contribution >= 4 is 22.9 Å². The van der Waals surface area contributed by atoms with E-state index in [1.54, 1.807) is 6.08 Å². The quantitative estimate of drug-likeness (QED) is 0.285. The van der Waals surface area contributed by atoms with Crippen LogP contribution in [0, 0.1) is 18.3 Å². The van der Waals surface area contributed by atoms with Crippen molar-refractivity contribution in [3.63, 3.8) is 0 Å². The Morgan fingerprint density at radius 1 is 1.11 bits per heavy atom. The molecule has 1 aliphatic heterocycles. The molecule has 5 rings (SSSR count). The number of benzene rings is 3. The minimum absolute atomic E-state index is 0.0369. The maximum Gasteiger partial charge on any atom is 0.262 e. The second kappa shape index (κ2) is 10.3. The van der Waals surface area contributed by atoms with Crippen LogP contribution in [-0.4, -0.2) is 23.9 Å². The van der Waals surface area contributed by atoms with Gasteiger partial charge in [-0.15, -0.1) is 0 Å². The first-order valence-corrected chi connectivity index (χ1v) is 11.7. The SMILES string of the molecule is Cc1ccccc1OCCn1cc(/C=C(\C#N)C(=O)NCc2ccc3c(c2)OCO3)c2ccccc21. The van der Waals surface area contributed by atoms with E-state index in [1.165, 1.54) is 0 Å². The van der Waals surface area contributed by atoms with Gasteiger partial charge >= 0.3 is 0 Å². The molecule has 0 spiro atoms. The molecular weight excluding hydrogens is 454 g/mol. The highest BCUT2D eigenvalue weighted by Gasteiger charge is 2.15. The number of aromatic nitrogens is 1. The van der Waals surface area contributed by atoms with Crippen LogP contribution in [0.15, 0.2) is 78.5 Å². The summed E-state index contributed by atoms with van der Waals surface area (Å²) in [5.74, 6) is 1.76. The number of carbonyl (C=O) groups is 1. The van der Waals surface area contributed by atoms with Crippen molar-refractivity contribution in [3.05, 3.63) is 95.2 Å². The summed E-state index contributed by atoms with van der Waals surface area (Å²) in [5.41, 5.74) is 3.79. The molecule has 0 atom stereocenters. The molecular formula is C29H25N3O4. The number of hydrogen-bond donors (Lipinski definition) is 1.